The molecule has 6 rings (SSSR count). The first-order valence-electron chi connectivity index (χ1n) is 16.3. The fraction of sp³-hybridized carbons (Fsp3) is 0.361. The van der Waals surface area contributed by atoms with Gasteiger partial charge in [0.1, 0.15) is 0 Å². The molecule has 0 bridgehead atoms. The number of fused-ring (bicyclic) bond motifs is 2. The molecule has 0 atom stereocenters. The summed E-state index contributed by atoms with van der Waals surface area (Å²) in [6.07, 6.45) is 3.82. The number of nitrogens with zero attached hydrogens (tertiary/aromatic N) is 6. The van der Waals surface area contributed by atoms with Crippen molar-refractivity contribution in [2.45, 2.75) is 46.0 Å². The van der Waals surface area contributed by atoms with E-state index in [4.69, 9.17) is 24.5 Å². The summed E-state index contributed by atoms with van der Waals surface area (Å²) in [5.74, 6) is 6.63. The highest BCUT2D eigenvalue weighted by Crippen LogP contribution is 2.38. The average molecular weight is 700 g/mol. The Balaban J connectivity index is 1.18. The van der Waals surface area contributed by atoms with E-state index in [0.717, 1.165) is 56.4 Å². The first kappa shape index (κ1) is 34.2. The molecule has 0 saturated heterocycles. The number of halogens is 1. The molecule has 0 spiro atoms. The van der Waals surface area contributed by atoms with Crippen molar-refractivity contribution in [1.29, 1.82) is 0 Å². The number of ether oxygens (including phenoxy) is 2. The molecule has 0 amide bonds. The van der Waals surface area contributed by atoms with Gasteiger partial charge in [0.2, 0.25) is 0 Å². The Morgan fingerprint density at radius 3 is 2.78 bits per heavy atom. The molecule has 3 aromatic heterocycles. The highest BCUT2D eigenvalue weighted by atomic mass is 32.1. The Labute approximate surface area is 293 Å². The van der Waals surface area contributed by atoms with Gasteiger partial charge in [-0.2, -0.15) is 0 Å². The number of aromatic nitrogens is 4. The lowest BCUT2D eigenvalue weighted by molar-refractivity contribution is 0.0519. The van der Waals surface area contributed by atoms with Crippen LogP contribution in [0.1, 0.15) is 58.2 Å². The lowest BCUT2D eigenvalue weighted by atomic mass is 10.1. The molecule has 0 fully saturated rings. The number of carbonyl (C=O) groups is 1. The normalized spacial score (nSPS) is 12.7. The van der Waals surface area contributed by atoms with E-state index in [1.165, 1.54) is 17.4 Å². The predicted molar refractivity (Wildman–Crippen MR) is 193 cm³/mol. The van der Waals surface area contributed by atoms with E-state index in [1.54, 1.807) is 30.4 Å². The number of hydrogen-bond donors (Lipinski definition) is 1. The number of rotatable bonds is 11. The third kappa shape index (κ3) is 8.16. The van der Waals surface area contributed by atoms with Crippen LogP contribution in [0.25, 0.3) is 10.2 Å². The van der Waals surface area contributed by atoms with Crippen molar-refractivity contribution in [2.75, 3.05) is 50.6 Å². The number of carbonyl (C=O) groups excluding carboxylic acids is 1. The molecule has 0 saturated carbocycles. The Morgan fingerprint density at radius 2 is 1.98 bits per heavy atom. The van der Waals surface area contributed by atoms with Crippen molar-refractivity contribution in [3.63, 3.8) is 0 Å². The molecule has 5 aromatic rings. The topological polar surface area (TPSA) is 106 Å². The van der Waals surface area contributed by atoms with Gasteiger partial charge in [0.25, 0.3) is 0 Å². The molecule has 1 N–H and O–H groups in total. The summed E-state index contributed by atoms with van der Waals surface area (Å²) in [4.78, 5) is 27.3. The second kappa shape index (κ2) is 15.7. The monoisotopic (exact) mass is 699 g/mol. The van der Waals surface area contributed by atoms with Crippen molar-refractivity contribution < 1.29 is 18.7 Å². The summed E-state index contributed by atoms with van der Waals surface area (Å²) in [5.41, 5.74) is 3.93. The number of anilines is 4. The Morgan fingerprint density at radius 1 is 1.12 bits per heavy atom. The van der Waals surface area contributed by atoms with Crippen LogP contribution in [0.4, 0.5) is 26.3 Å². The quantitative estimate of drug-likeness (QED) is 0.0857. The summed E-state index contributed by atoms with van der Waals surface area (Å²) in [6.45, 7) is 5.62. The number of para-hydroxylation sites is 1. The van der Waals surface area contributed by atoms with Crippen LogP contribution in [-0.2, 0) is 17.6 Å². The van der Waals surface area contributed by atoms with Gasteiger partial charge >= 0.3 is 5.97 Å². The van der Waals surface area contributed by atoms with Crippen molar-refractivity contribution in [3.8, 4) is 17.6 Å². The maximum Gasteiger partial charge on any atom is 0.358 e. The summed E-state index contributed by atoms with van der Waals surface area (Å²) in [7, 11) is 3.86. The Kier molecular flexibility index (Phi) is 11.0. The van der Waals surface area contributed by atoms with Gasteiger partial charge in [0.15, 0.2) is 39.2 Å². The van der Waals surface area contributed by atoms with Crippen LogP contribution in [-0.4, -0.2) is 71.4 Å². The van der Waals surface area contributed by atoms with Crippen LogP contribution in [0.3, 0.4) is 0 Å². The van der Waals surface area contributed by atoms with E-state index in [2.05, 4.69) is 34.1 Å². The van der Waals surface area contributed by atoms with E-state index in [1.807, 2.05) is 43.3 Å². The zero-order valence-corrected chi connectivity index (χ0v) is 29.6. The van der Waals surface area contributed by atoms with Crippen LogP contribution in [0, 0.1) is 24.6 Å². The second-order valence-corrected chi connectivity index (χ2v) is 13.9. The van der Waals surface area contributed by atoms with E-state index in [-0.39, 0.29) is 19.0 Å². The number of nitrogens with one attached hydrogen (secondary N) is 1. The smallest absolute Gasteiger partial charge is 0.358 e. The van der Waals surface area contributed by atoms with Crippen LogP contribution in [0.5, 0.6) is 5.75 Å². The predicted octanol–water partition coefficient (Wildman–Crippen LogP) is 7.31. The minimum Gasteiger partial charge on any atom is -0.491 e. The number of hydrogen-bond acceptors (Lipinski definition) is 12. The molecule has 10 nitrogen and oxygen atoms in total. The van der Waals surface area contributed by atoms with E-state index >= 15 is 0 Å². The van der Waals surface area contributed by atoms with Crippen molar-refractivity contribution in [3.05, 3.63) is 75.5 Å². The Hall–Kier alpha value is -4.64. The van der Waals surface area contributed by atoms with Crippen molar-refractivity contribution in [1.82, 2.24) is 25.1 Å². The SMILES string of the molecule is CCOC(=O)c1nc(N2CCCCc3c2nnc(Nc2nc4ccccc4s2)c3C)sc1CCCOc1ccc(C#CCN(C)C)cc1F. The number of benzene rings is 2. The molecule has 1 aliphatic heterocycles. The minimum absolute atomic E-state index is 0.167. The van der Waals surface area contributed by atoms with Crippen LogP contribution in [0.15, 0.2) is 42.5 Å². The molecular formula is C36H38FN7O3S2. The summed E-state index contributed by atoms with van der Waals surface area (Å²) in [5, 5.41) is 14.1. The van der Waals surface area contributed by atoms with Gasteiger partial charge in [0.05, 0.1) is 30.0 Å². The number of thiazole rings is 2. The van der Waals surface area contributed by atoms with Crippen LogP contribution in [0.2, 0.25) is 0 Å². The molecule has 0 unspecified atom stereocenters. The highest BCUT2D eigenvalue weighted by molar-refractivity contribution is 7.22. The number of aryl methyl sites for hydroxylation is 1. The molecule has 49 heavy (non-hydrogen) atoms. The minimum atomic E-state index is -0.467. The lowest BCUT2D eigenvalue weighted by Crippen LogP contribution is -2.20. The zero-order valence-electron chi connectivity index (χ0n) is 28.0. The summed E-state index contributed by atoms with van der Waals surface area (Å²) in [6, 6.07) is 12.8. The van der Waals surface area contributed by atoms with Gasteiger partial charge in [-0.1, -0.05) is 35.3 Å². The van der Waals surface area contributed by atoms with Crippen molar-refractivity contribution >= 4 is 60.8 Å². The first-order valence-corrected chi connectivity index (χ1v) is 17.9. The lowest BCUT2D eigenvalue weighted by Gasteiger charge is -2.21. The molecule has 1 aliphatic rings. The third-order valence-electron chi connectivity index (χ3n) is 7.91. The van der Waals surface area contributed by atoms with Gasteiger partial charge < -0.3 is 19.7 Å². The molecule has 0 aliphatic carbocycles. The van der Waals surface area contributed by atoms with Crippen molar-refractivity contribution in [2.24, 2.45) is 0 Å². The summed E-state index contributed by atoms with van der Waals surface area (Å²) < 4.78 is 27.0. The molecule has 254 valence electrons. The van der Waals surface area contributed by atoms with Crippen LogP contribution >= 0.6 is 22.7 Å². The highest BCUT2D eigenvalue weighted by Gasteiger charge is 2.28. The fourth-order valence-electron chi connectivity index (χ4n) is 5.46. The van der Waals surface area contributed by atoms with Crippen LogP contribution < -0.4 is 15.0 Å². The zero-order chi connectivity index (χ0) is 34.3. The standard InChI is InChI=1S/C36H38FN7O3S2/c1-5-46-34(45)31-30(16-11-21-47-28-18-17-24(22-26(28)37)12-10-19-43(3)4)49-36(39-31)44-20-9-8-13-25-23(2)32(41-42-33(25)44)40-35-38-27-14-6-7-15-29(27)48-35/h6-7,14-15,17-18,22H,5,8-9,11,13,16,19-21H2,1-4H3,(H,38,40,41). The number of esters is 1. The largest absolute Gasteiger partial charge is 0.491 e. The fourth-order valence-corrected chi connectivity index (χ4v) is 7.44. The van der Waals surface area contributed by atoms with E-state index < -0.39 is 11.8 Å². The Bertz CT molecular complexity index is 1980. The van der Waals surface area contributed by atoms with E-state index in [0.29, 0.717) is 48.1 Å². The molecular weight excluding hydrogens is 662 g/mol. The second-order valence-electron chi connectivity index (χ2n) is 11.8. The van der Waals surface area contributed by atoms with Gasteiger partial charge in [-0.05, 0) is 90.4 Å². The maximum absolute atomic E-state index is 14.7. The first-order chi connectivity index (χ1) is 23.8. The average Bonchev–Trinajstić information content (AvgIpc) is 3.63. The molecule has 13 heteroatoms. The van der Waals surface area contributed by atoms with Gasteiger partial charge in [-0.25, -0.2) is 19.2 Å². The third-order valence-corrected chi connectivity index (χ3v) is 10.00. The van der Waals surface area contributed by atoms with E-state index in [9.17, 15) is 9.18 Å². The molecule has 2 aromatic carbocycles. The maximum atomic E-state index is 14.7. The van der Waals surface area contributed by atoms with Gasteiger partial charge in [-0.15, -0.1) is 21.5 Å². The van der Waals surface area contributed by atoms with Gasteiger partial charge in [-0.3, -0.25) is 4.90 Å². The molecule has 4 heterocycles. The summed E-state index contributed by atoms with van der Waals surface area (Å²) >= 11 is 3.02. The van der Waals surface area contributed by atoms with Gasteiger partial charge in [0, 0.05) is 28.1 Å². The molecule has 0 radical (unpaired) electrons.